The number of Topliss-reactive ketones (excluding diaryl/α,β-unsaturated/α-hetero) is 1. The molecule has 1 atom stereocenters. The number of nitrogens with zero attached hydrogens (tertiary/aromatic N) is 1. The number of carbonyl (C=O) groups is 1. The van der Waals surface area contributed by atoms with Crippen LogP contribution in [0.1, 0.15) is 33.1 Å². The van der Waals surface area contributed by atoms with Gasteiger partial charge in [0.05, 0.1) is 6.10 Å². The molecule has 1 aliphatic heterocycles. The van der Waals surface area contributed by atoms with Crippen LogP contribution in [0.25, 0.3) is 0 Å². The van der Waals surface area contributed by atoms with Crippen molar-refractivity contribution in [1.82, 2.24) is 4.90 Å². The molecular weight excluding hydrogens is 190 g/mol. The summed E-state index contributed by atoms with van der Waals surface area (Å²) in [4.78, 5) is 14.3. The van der Waals surface area contributed by atoms with Crippen molar-refractivity contribution < 1.29 is 9.90 Å². The summed E-state index contributed by atoms with van der Waals surface area (Å²) in [5.74, 6) is 0.636. The fourth-order valence-corrected chi connectivity index (χ4v) is 2.77. The van der Waals surface area contributed by atoms with E-state index in [0.29, 0.717) is 5.78 Å². The molecule has 1 unspecified atom stereocenters. The summed E-state index contributed by atoms with van der Waals surface area (Å²) < 4.78 is 0. The Kier molecular flexibility index (Phi) is 2.86. The Bertz CT molecular complexity index is 256. The van der Waals surface area contributed by atoms with Crippen molar-refractivity contribution in [2.45, 2.75) is 39.2 Å². The van der Waals surface area contributed by atoms with Crippen molar-refractivity contribution in [2.75, 3.05) is 19.6 Å². The molecule has 0 amide bonds. The molecule has 3 heteroatoms. The van der Waals surface area contributed by atoms with Crippen LogP contribution in [-0.4, -0.2) is 41.5 Å². The van der Waals surface area contributed by atoms with Crippen molar-refractivity contribution in [3.63, 3.8) is 0 Å². The van der Waals surface area contributed by atoms with E-state index in [0.717, 1.165) is 32.5 Å². The smallest absolute Gasteiger partial charge is 0.142 e. The van der Waals surface area contributed by atoms with Gasteiger partial charge in [0.15, 0.2) is 0 Å². The van der Waals surface area contributed by atoms with Gasteiger partial charge in [0.1, 0.15) is 5.78 Å². The molecule has 1 saturated heterocycles. The van der Waals surface area contributed by atoms with Crippen molar-refractivity contribution in [1.29, 1.82) is 0 Å². The average molecular weight is 211 g/mol. The summed E-state index contributed by atoms with van der Waals surface area (Å²) in [5, 5.41) is 9.19. The summed E-state index contributed by atoms with van der Waals surface area (Å²) >= 11 is 0. The predicted molar refractivity (Wildman–Crippen MR) is 58.6 cm³/mol. The minimum absolute atomic E-state index is 0.119. The Morgan fingerprint density at radius 3 is 2.73 bits per heavy atom. The molecule has 2 aliphatic rings. The highest BCUT2D eigenvalue weighted by molar-refractivity contribution is 5.87. The van der Waals surface area contributed by atoms with Gasteiger partial charge in [0.2, 0.25) is 0 Å². The van der Waals surface area contributed by atoms with E-state index in [1.807, 2.05) is 0 Å². The maximum atomic E-state index is 12.1. The van der Waals surface area contributed by atoms with Gasteiger partial charge in [-0.2, -0.15) is 0 Å². The highest BCUT2D eigenvalue weighted by atomic mass is 16.3. The van der Waals surface area contributed by atoms with E-state index in [1.54, 1.807) is 0 Å². The Morgan fingerprint density at radius 2 is 2.13 bits per heavy atom. The zero-order valence-electron chi connectivity index (χ0n) is 9.70. The lowest BCUT2D eigenvalue weighted by Crippen LogP contribution is -2.54. The Labute approximate surface area is 91.5 Å². The minimum atomic E-state index is -0.156. The number of rotatable bonds is 2. The van der Waals surface area contributed by atoms with Crippen LogP contribution in [0.3, 0.4) is 0 Å². The molecule has 0 radical (unpaired) electrons. The first-order chi connectivity index (χ1) is 6.99. The summed E-state index contributed by atoms with van der Waals surface area (Å²) in [7, 11) is 0. The molecule has 0 spiro atoms. The first-order valence-electron chi connectivity index (χ1n) is 5.94. The van der Waals surface area contributed by atoms with Crippen LogP contribution >= 0.6 is 0 Å². The van der Waals surface area contributed by atoms with Crippen LogP contribution in [0.2, 0.25) is 0 Å². The van der Waals surface area contributed by atoms with Gasteiger partial charge in [-0.1, -0.05) is 20.3 Å². The van der Waals surface area contributed by atoms with Crippen LogP contribution in [-0.2, 0) is 4.79 Å². The second kappa shape index (κ2) is 3.87. The lowest BCUT2D eigenvalue weighted by atomic mass is 9.71. The van der Waals surface area contributed by atoms with Gasteiger partial charge in [0, 0.05) is 31.0 Å². The molecule has 0 aromatic rings. The lowest BCUT2D eigenvalue weighted by Gasteiger charge is -2.41. The maximum absolute atomic E-state index is 12.1. The average Bonchev–Trinajstić information content (AvgIpc) is 2.10. The zero-order chi connectivity index (χ0) is 11.1. The van der Waals surface area contributed by atoms with E-state index in [4.69, 9.17) is 0 Å². The molecule has 1 aliphatic carbocycles. The molecule has 2 rings (SSSR count). The van der Waals surface area contributed by atoms with E-state index in [2.05, 4.69) is 18.7 Å². The number of aliphatic hydroxyl groups is 1. The first-order valence-corrected chi connectivity index (χ1v) is 5.94. The normalized spacial score (nSPS) is 32.7. The highest BCUT2D eigenvalue weighted by Gasteiger charge is 2.39. The van der Waals surface area contributed by atoms with E-state index < -0.39 is 0 Å². The number of hydrogen-bond acceptors (Lipinski definition) is 3. The second-order valence-corrected chi connectivity index (χ2v) is 5.71. The number of β-amino-alcohol motifs (C(OH)–C–C–N with tert-alkyl or cyclic N) is 1. The van der Waals surface area contributed by atoms with E-state index in [-0.39, 0.29) is 17.4 Å². The molecule has 0 bridgehead atoms. The molecule has 3 nitrogen and oxygen atoms in total. The summed E-state index contributed by atoms with van der Waals surface area (Å²) in [6, 6.07) is 0. The number of hydrogen-bond donors (Lipinski definition) is 1. The number of ketones is 1. The van der Waals surface area contributed by atoms with Gasteiger partial charge in [-0.3, -0.25) is 9.69 Å². The van der Waals surface area contributed by atoms with Gasteiger partial charge in [-0.05, 0) is 12.8 Å². The van der Waals surface area contributed by atoms with Crippen LogP contribution in [0.5, 0.6) is 0 Å². The predicted octanol–water partition coefficient (Wildman–Crippen LogP) is 1.06. The van der Waals surface area contributed by atoms with Crippen molar-refractivity contribution >= 4 is 5.78 Å². The van der Waals surface area contributed by atoms with E-state index >= 15 is 0 Å². The van der Waals surface area contributed by atoms with Crippen LogP contribution in [0, 0.1) is 11.3 Å². The summed E-state index contributed by atoms with van der Waals surface area (Å²) in [6.45, 7) is 6.49. The quantitative estimate of drug-likeness (QED) is 0.742. The van der Waals surface area contributed by atoms with Crippen molar-refractivity contribution in [2.24, 2.45) is 11.3 Å². The first kappa shape index (κ1) is 11.1. The third-order valence-electron chi connectivity index (χ3n) is 3.81. The molecule has 1 saturated carbocycles. The standard InChI is InChI=1S/C12H21NO2/c1-12(2)5-3-4-9(11(12)15)6-13-7-10(14)8-13/h9-10,14H,3-8H2,1-2H3. The van der Waals surface area contributed by atoms with Gasteiger partial charge < -0.3 is 5.11 Å². The molecule has 86 valence electrons. The van der Waals surface area contributed by atoms with Crippen molar-refractivity contribution in [3.05, 3.63) is 0 Å². The fourth-order valence-electron chi connectivity index (χ4n) is 2.77. The van der Waals surface area contributed by atoms with Gasteiger partial charge in [-0.15, -0.1) is 0 Å². The molecule has 15 heavy (non-hydrogen) atoms. The number of carbonyl (C=O) groups excluding carboxylic acids is 1. The van der Waals surface area contributed by atoms with Gasteiger partial charge >= 0.3 is 0 Å². The van der Waals surface area contributed by atoms with E-state index in [1.165, 1.54) is 6.42 Å². The van der Waals surface area contributed by atoms with Crippen LogP contribution in [0.4, 0.5) is 0 Å². The van der Waals surface area contributed by atoms with Crippen LogP contribution in [0.15, 0.2) is 0 Å². The van der Waals surface area contributed by atoms with Crippen LogP contribution < -0.4 is 0 Å². The molecule has 0 aromatic heterocycles. The van der Waals surface area contributed by atoms with E-state index in [9.17, 15) is 9.90 Å². The Balaban J connectivity index is 1.89. The zero-order valence-corrected chi connectivity index (χ0v) is 9.70. The monoisotopic (exact) mass is 211 g/mol. The second-order valence-electron chi connectivity index (χ2n) is 5.71. The highest BCUT2D eigenvalue weighted by Crippen LogP contribution is 2.36. The molecule has 2 fully saturated rings. The Hall–Kier alpha value is -0.410. The molecular formula is C12H21NO2. The number of aliphatic hydroxyl groups excluding tert-OH is 1. The largest absolute Gasteiger partial charge is 0.390 e. The SMILES string of the molecule is CC1(C)CCCC(CN2CC(O)C2)C1=O. The number of likely N-dealkylation sites (tertiary alicyclic amines) is 1. The fraction of sp³-hybridized carbons (Fsp3) is 0.917. The third kappa shape index (κ3) is 2.23. The topological polar surface area (TPSA) is 40.5 Å². The molecule has 1 N–H and O–H groups in total. The van der Waals surface area contributed by atoms with Gasteiger partial charge in [-0.25, -0.2) is 0 Å². The Morgan fingerprint density at radius 1 is 1.47 bits per heavy atom. The summed E-state index contributed by atoms with van der Waals surface area (Å²) in [5.41, 5.74) is -0.119. The van der Waals surface area contributed by atoms with Crippen molar-refractivity contribution in [3.8, 4) is 0 Å². The lowest BCUT2D eigenvalue weighted by molar-refractivity contribution is -0.136. The minimum Gasteiger partial charge on any atom is -0.390 e. The maximum Gasteiger partial charge on any atom is 0.142 e. The van der Waals surface area contributed by atoms with Gasteiger partial charge in [0.25, 0.3) is 0 Å². The molecule has 0 aromatic carbocycles. The third-order valence-corrected chi connectivity index (χ3v) is 3.81. The molecule has 1 heterocycles. The summed E-state index contributed by atoms with van der Waals surface area (Å²) in [6.07, 6.45) is 3.08.